The van der Waals surface area contributed by atoms with Gasteiger partial charge in [-0.25, -0.2) is 14.6 Å². The fraction of sp³-hybridized carbons (Fsp3) is 0.526. The van der Waals surface area contributed by atoms with Crippen molar-refractivity contribution in [1.82, 2.24) is 25.0 Å². The van der Waals surface area contributed by atoms with Crippen LogP contribution in [-0.2, 0) is 17.8 Å². The summed E-state index contributed by atoms with van der Waals surface area (Å²) in [6.45, 7) is 4.25. The van der Waals surface area contributed by atoms with Crippen molar-refractivity contribution in [2.45, 2.75) is 64.8 Å². The molecule has 3 aromatic rings. The molecule has 0 N–H and O–H groups in total. The molecule has 0 atom stereocenters. The molecule has 0 amide bonds. The number of nitrogens with zero attached hydrogens (tertiary/aromatic N) is 5. The molecule has 0 saturated heterocycles. The highest BCUT2D eigenvalue weighted by atomic mass is 32.1. The van der Waals surface area contributed by atoms with E-state index in [0.717, 1.165) is 32.0 Å². The lowest BCUT2D eigenvalue weighted by Crippen LogP contribution is -2.13. The van der Waals surface area contributed by atoms with Crippen LogP contribution in [0.2, 0.25) is 0 Å². The third-order valence-corrected chi connectivity index (χ3v) is 6.90. The second-order valence-corrected chi connectivity index (χ2v) is 9.31. The number of carbonyl (C=O) groups is 1. The quantitative estimate of drug-likeness (QED) is 0.614. The van der Waals surface area contributed by atoms with Crippen LogP contribution >= 0.6 is 22.7 Å². The molecule has 0 spiro atoms. The fourth-order valence-electron chi connectivity index (χ4n) is 3.65. The van der Waals surface area contributed by atoms with Crippen LogP contribution in [0.4, 0.5) is 0 Å². The average molecular weight is 402 g/mol. The van der Waals surface area contributed by atoms with Crippen molar-refractivity contribution in [3.63, 3.8) is 0 Å². The van der Waals surface area contributed by atoms with Gasteiger partial charge in [0.15, 0.2) is 5.78 Å². The van der Waals surface area contributed by atoms with Crippen molar-refractivity contribution in [3.05, 3.63) is 33.0 Å². The van der Waals surface area contributed by atoms with Gasteiger partial charge in [-0.15, -0.1) is 27.8 Å². The van der Waals surface area contributed by atoms with Crippen LogP contribution in [0.15, 0.2) is 11.6 Å². The first-order valence-electron chi connectivity index (χ1n) is 9.39. The number of carbonyl (C=O) groups excluding carboxylic acids is 1. The number of aryl methyl sites for hydroxylation is 2. The first-order valence-corrected chi connectivity index (χ1v) is 11.1. The van der Waals surface area contributed by atoms with E-state index in [0.29, 0.717) is 12.3 Å². The Morgan fingerprint density at radius 2 is 2.04 bits per heavy atom. The van der Waals surface area contributed by atoms with Gasteiger partial charge in [0.2, 0.25) is 0 Å². The summed E-state index contributed by atoms with van der Waals surface area (Å²) in [5.41, 5.74) is 2.96. The Kier molecular flexibility index (Phi) is 5.45. The molecule has 0 radical (unpaired) electrons. The molecule has 0 aliphatic heterocycles. The van der Waals surface area contributed by atoms with E-state index < -0.39 is 0 Å². The molecule has 1 aliphatic carbocycles. The van der Waals surface area contributed by atoms with E-state index in [9.17, 15) is 4.79 Å². The van der Waals surface area contributed by atoms with E-state index in [1.54, 1.807) is 16.0 Å². The van der Waals surface area contributed by atoms with Gasteiger partial charge in [-0.2, -0.15) is 0 Å². The molecule has 6 nitrogen and oxygen atoms in total. The SMILES string of the molecule is Cc1nc(C)c(-c2csc(CC(=O)Cn3cc(C4CCCCC4)nn3)n2)s1. The zero-order valence-electron chi connectivity index (χ0n) is 15.6. The Labute approximate surface area is 166 Å². The third-order valence-electron chi connectivity index (χ3n) is 4.95. The minimum Gasteiger partial charge on any atom is -0.297 e. The first kappa shape index (κ1) is 18.4. The lowest BCUT2D eigenvalue weighted by Gasteiger charge is -2.18. The fourth-order valence-corrected chi connectivity index (χ4v) is 5.42. The summed E-state index contributed by atoms with van der Waals surface area (Å²) in [6.07, 6.45) is 8.50. The van der Waals surface area contributed by atoms with Gasteiger partial charge in [-0.1, -0.05) is 24.5 Å². The molecule has 3 aromatic heterocycles. The second-order valence-electron chi connectivity index (χ2n) is 7.17. The van der Waals surface area contributed by atoms with Gasteiger partial charge in [0.25, 0.3) is 0 Å². The molecule has 4 rings (SSSR count). The van der Waals surface area contributed by atoms with E-state index in [1.165, 1.54) is 43.4 Å². The lowest BCUT2D eigenvalue weighted by atomic mass is 9.87. The molecule has 3 heterocycles. The van der Waals surface area contributed by atoms with Crippen LogP contribution in [0.25, 0.3) is 10.6 Å². The summed E-state index contributed by atoms with van der Waals surface area (Å²) in [7, 11) is 0. The van der Waals surface area contributed by atoms with Gasteiger partial charge < -0.3 is 0 Å². The molecule has 1 aliphatic rings. The number of ketones is 1. The number of hydrogen-bond donors (Lipinski definition) is 0. The van der Waals surface area contributed by atoms with Gasteiger partial charge in [-0.3, -0.25) is 4.79 Å². The standard InChI is InChI=1S/C19H23N5OS2/c1-12-19(27-13(2)20-12)17-11-26-18(21-17)8-15(25)9-24-10-16(22-23-24)14-6-4-3-5-7-14/h10-11,14H,3-9H2,1-2H3. The van der Waals surface area contributed by atoms with Crippen LogP contribution in [-0.4, -0.2) is 30.7 Å². The number of aromatic nitrogens is 5. The summed E-state index contributed by atoms with van der Waals surface area (Å²) >= 11 is 3.18. The van der Waals surface area contributed by atoms with Crippen LogP contribution < -0.4 is 0 Å². The summed E-state index contributed by atoms with van der Waals surface area (Å²) in [5.74, 6) is 0.614. The van der Waals surface area contributed by atoms with Gasteiger partial charge >= 0.3 is 0 Å². The molecule has 0 bridgehead atoms. The molecule has 27 heavy (non-hydrogen) atoms. The number of thiazole rings is 2. The molecule has 0 unspecified atom stereocenters. The Balaban J connectivity index is 1.37. The van der Waals surface area contributed by atoms with Gasteiger partial charge in [0.05, 0.1) is 33.4 Å². The molecule has 1 saturated carbocycles. The molecule has 1 fully saturated rings. The Morgan fingerprint density at radius 3 is 2.78 bits per heavy atom. The normalized spacial score (nSPS) is 15.3. The van der Waals surface area contributed by atoms with Gasteiger partial charge in [0, 0.05) is 17.5 Å². The number of Topliss-reactive ketones (excluding diaryl/α,β-unsaturated/α-hetero) is 1. The highest BCUT2D eigenvalue weighted by Gasteiger charge is 2.19. The summed E-state index contributed by atoms with van der Waals surface area (Å²) in [5, 5.41) is 12.3. The minimum absolute atomic E-state index is 0.105. The Morgan fingerprint density at radius 1 is 1.22 bits per heavy atom. The summed E-state index contributed by atoms with van der Waals surface area (Å²) < 4.78 is 1.68. The summed E-state index contributed by atoms with van der Waals surface area (Å²) in [4.78, 5) is 22.6. The van der Waals surface area contributed by atoms with E-state index >= 15 is 0 Å². The minimum atomic E-state index is 0.105. The first-order chi connectivity index (χ1) is 13.1. The van der Waals surface area contributed by atoms with Crippen LogP contribution in [0.1, 0.15) is 59.4 Å². The van der Waals surface area contributed by atoms with Crippen molar-refractivity contribution in [1.29, 1.82) is 0 Å². The topological polar surface area (TPSA) is 73.6 Å². The highest BCUT2D eigenvalue weighted by molar-refractivity contribution is 7.16. The van der Waals surface area contributed by atoms with Crippen LogP contribution in [0, 0.1) is 13.8 Å². The molecular weight excluding hydrogens is 378 g/mol. The maximum atomic E-state index is 12.5. The van der Waals surface area contributed by atoms with Crippen molar-refractivity contribution in [2.75, 3.05) is 0 Å². The van der Waals surface area contributed by atoms with Crippen molar-refractivity contribution >= 4 is 28.5 Å². The largest absolute Gasteiger partial charge is 0.297 e. The van der Waals surface area contributed by atoms with E-state index in [1.807, 2.05) is 25.4 Å². The predicted octanol–water partition coefficient (Wildman–Crippen LogP) is 4.33. The zero-order valence-corrected chi connectivity index (χ0v) is 17.3. The van der Waals surface area contributed by atoms with Crippen molar-refractivity contribution in [2.24, 2.45) is 0 Å². The molecule has 142 valence electrons. The molecular formula is C19H23N5OS2. The third kappa shape index (κ3) is 4.32. The number of hydrogen-bond acceptors (Lipinski definition) is 7. The van der Waals surface area contributed by atoms with Crippen molar-refractivity contribution < 1.29 is 4.79 Å². The molecule has 8 heteroatoms. The Hall–Kier alpha value is -1.93. The van der Waals surface area contributed by atoms with Gasteiger partial charge in [-0.05, 0) is 26.7 Å². The van der Waals surface area contributed by atoms with E-state index in [2.05, 4.69) is 20.3 Å². The van der Waals surface area contributed by atoms with Crippen LogP contribution in [0.3, 0.4) is 0 Å². The average Bonchev–Trinajstić information content (AvgIpc) is 3.36. The maximum absolute atomic E-state index is 12.5. The predicted molar refractivity (Wildman–Crippen MR) is 107 cm³/mol. The second kappa shape index (κ2) is 7.98. The van der Waals surface area contributed by atoms with Gasteiger partial charge in [0.1, 0.15) is 11.6 Å². The van der Waals surface area contributed by atoms with Crippen LogP contribution in [0.5, 0.6) is 0 Å². The summed E-state index contributed by atoms with van der Waals surface area (Å²) in [6, 6.07) is 0. The van der Waals surface area contributed by atoms with Crippen molar-refractivity contribution in [3.8, 4) is 10.6 Å². The lowest BCUT2D eigenvalue weighted by molar-refractivity contribution is -0.119. The monoisotopic (exact) mass is 401 g/mol. The molecule has 0 aromatic carbocycles. The van der Waals surface area contributed by atoms with E-state index in [4.69, 9.17) is 0 Å². The number of rotatable bonds is 6. The maximum Gasteiger partial charge on any atom is 0.161 e. The smallest absolute Gasteiger partial charge is 0.161 e. The Bertz CT molecular complexity index is 936. The van der Waals surface area contributed by atoms with E-state index in [-0.39, 0.29) is 12.3 Å². The highest BCUT2D eigenvalue weighted by Crippen LogP contribution is 2.32. The zero-order chi connectivity index (χ0) is 18.8.